The van der Waals surface area contributed by atoms with Gasteiger partial charge in [0.1, 0.15) is 0 Å². The van der Waals surface area contributed by atoms with Crippen molar-refractivity contribution >= 4 is 6.21 Å². The summed E-state index contributed by atoms with van der Waals surface area (Å²) >= 11 is 0. The molecule has 0 aromatic rings. The fraction of sp³-hybridized carbons (Fsp3) is 0.667. The predicted octanol–water partition coefficient (Wildman–Crippen LogP) is -0.364. The van der Waals surface area contributed by atoms with Crippen LogP contribution in [0.1, 0.15) is 6.42 Å². The van der Waals surface area contributed by atoms with Crippen LogP contribution >= 0.6 is 0 Å². The molecule has 0 heterocycles. The highest BCUT2D eigenvalue weighted by Crippen LogP contribution is 1.55. The minimum Gasteiger partial charge on any atom is -0.362 e. The van der Waals surface area contributed by atoms with Crippen LogP contribution in [0.3, 0.4) is 0 Å². The van der Waals surface area contributed by atoms with Crippen LogP contribution in [0.5, 0.6) is 0 Å². The topological polar surface area (TPSA) is 62.4 Å². The standard InChI is InChI=1S/C3H7N3/c4-2-1-3-6-5/h3H,1-2,4H2. The lowest BCUT2D eigenvalue weighted by molar-refractivity contribution is 0.00110. The minimum atomic E-state index is 0.546. The molecule has 0 rings (SSSR count). The van der Waals surface area contributed by atoms with Crippen molar-refractivity contribution in [1.29, 1.82) is 0 Å². The molecule has 0 atom stereocenters. The van der Waals surface area contributed by atoms with Gasteiger partial charge in [0.2, 0.25) is 0 Å². The van der Waals surface area contributed by atoms with Crippen LogP contribution in [0.15, 0.2) is 0 Å². The average molecular weight is 85.1 g/mol. The molecule has 0 saturated heterocycles. The first-order chi connectivity index (χ1) is 2.91. The van der Waals surface area contributed by atoms with Crippen molar-refractivity contribution in [2.45, 2.75) is 6.42 Å². The molecule has 3 nitrogen and oxygen atoms in total. The Kier molecular flexibility index (Phi) is 3.86. The summed E-state index contributed by atoms with van der Waals surface area (Å²) in [5.74, 6) is 0. The molecule has 0 aromatic heterocycles. The van der Waals surface area contributed by atoms with Crippen LogP contribution in [-0.2, 0) is 0 Å². The summed E-state index contributed by atoms with van der Waals surface area (Å²) in [6.45, 7) is 0.546. The van der Waals surface area contributed by atoms with Crippen LogP contribution in [0, 0.1) is 0 Å². The van der Waals surface area contributed by atoms with E-state index in [0.717, 1.165) is 0 Å². The van der Waals surface area contributed by atoms with Crippen molar-refractivity contribution in [2.24, 2.45) is 5.73 Å². The van der Waals surface area contributed by atoms with Crippen molar-refractivity contribution in [3.63, 3.8) is 0 Å². The number of hydrogen-bond donors (Lipinski definition) is 1. The lowest BCUT2D eigenvalue weighted by Gasteiger charge is -1.68. The highest BCUT2D eigenvalue weighted by atomic mass is 14.8. The molecule has 0 amide bonds. The van der Waals surface area contributed by atoms with E-state index in [1.165, 1.54) is 6.21 Å². The molecule has 0 unspecified atom stereocenters. The van der Waals surface area contributed by atoms with Gasteiger partial charge < -0.3 is 11.3 Å². The first kappa shape index (κ1) is 5.34. The predicted molar refractivity (Wildman–Crippen MR) is 23.4 cm³/mol. The summed E-state index contributed by atoms with van der Waals surface area (Å²) in [5, 5.41) is 0. The fourth-order valence-electron chi connectivity index (χ4n) is 0.132. The van der Waals surface area contributed by atoms with E-state index < -0.39 is 0 Å². The van der Waals surface area contributed by atoms with Gasteiger partial charge in [-0.1, -0.05) is 0 Å². The van der Waals surface area contributed by atoms with Crippen molar-refractivity contribution in [1.82, 2.24) is 0 Å². The second kappa shape index (κ2) is 4.34. The Bertz CT molecular complexity index is 62.4. The number of hydrogen-bond acceptors (Lipinski definition) is 1. The largest absolute Gasteiger partial charge is 0.362 e. The van der Waals surface area contributed by atoms with Gasteiger partial charge in [-0.15, -0.1) is 0 Å². The Hall–Kier alpha value is -0.660. The van der Waals surface area contributed by atoms with Crippen LogP contribution in [-0.4, -0.2) is 17.5 Å². The normalized spacial score (nSPS) is 6.83. The average Bonchev–Trinajstić information content (AvgIpc) is 1.61. The first-order valence-corrected chi connectivity index (χ1v) is 1.77. The lowest BCUT2D eigenvalue weighted by Crippen LogP contribution is -1.98. The Morgan fingerprint density at radius 1 is 1.83 bits per heavy atom. The zero-order chi connectivity index (χ0) is 4.83. The third-order valence-electron chi connectivity index (χ3n) is 0.377. The molecule has 2 N–H and O–H groups in total. The summed E-state index contributed by atoms with van der Waals surface area (Å²) in [6.07, 6.45) is 2.01. The molecular formula is C3H7N3. The number of nitrogens with two attached hydrogens (primary N) is 1. The number of rotatable bonds is 2. The van der Waals surface area contributed by atoms with Crippen LogP contribution < -0.4 is 5.73 Å². The van der Waals surface area contributed by atoms with E-state index in [9.17, 15) is 0 Å². The monoisotopic (exact) mass is 85.1 g/mol. The molecule has 6 heavy (non-hydrogen) atoms. The molecule has 0 bridgehead atoms. The zero-order valence-corrected chi connectivity index (χ0v) is 3.46. The Labute approximate surface area is 36.4 Å². The summed E-state index contributed by atoms with van der Waals surface area (Å²) in [7, 11) is 0. The summed E-state index contributed by atoms with van der Waals surface area (Å²) < 4.78 is 0. The molecular weight excluding hydrogens is 78.1 g/mol. The van der Waals surface area contributed by atoms with E-state index in [4.69, 9.17) is 11.3 Å². The third kappa shape index (κ3) is 3.34. The van der Waals surface area contributed by atoms with Crippen LogP contribution in [0.2, 0.25) is 0 Å². The van der Waals surface area contributed by atoms with E-state index in [0.29, 0.717) is 13.0 Å². The maximum absolute atomic E-state index is 7.71. The summed E-state index contributed by atoms with van der Waals surface area (Å²) in [4.78, 5) is 2.72. The molecule has 0 spiro atoms. The number of nitrogens with zero attached hydrogens (tertiary/aromatic N) is 2. The van der Waals surface area contributed by atoms with E-state index >= 15 is 0 Å². The highest BCUT2D eigenvalue weighted by Gasteiger charge is 1.73. The SMILES string of the molecule is [N-]=[N+]=CCCN. The smallest absolute Gasteiger partial charge is 0.258 e. The highest BCUT2D eigenvalue weighted by molar-refractivity contribution is 5.50. The summed E-state index contributed by atoms with van der Waals surface area (Å²) in [5.41, 5.74) is 12.7. The molecule has 0 aliphatic heterocycles. The van der Waals surface area contributed by atoms with E-state index in [2.05, 4.69) is 4.79 Å². The Morgan fingerprint density at radius 3 is 2.67 bits per heavy atom. The second-order valence-electron chi connectivity index (χ2n) is 0.875. The zero-order valence-electron chi connectivity index (χ0n) is 3.46. The minimum absolute atomic E-state index is 0.546. The van der Waals surface area contributed by atoms with E-state index in [1.807, 2.05) is 0 Å². The first-order valence-electron chi connectivity index (χ1n) is 1.77. The van der Waals surface area contributed by atoms with Gasteiger partial charge in [-0.25, -0.2) is 0 Å². The van der Waals surface area contributed by atoms with Gasteiger partial charge in [-0.05, 0) is 0 Å². The quantitative estimate of drug-likeness (QED) is 0.277. The van der Waals surface area contributed by atoms with Gasteiger partial charge >= 0.3 is 0 Å². The van der Waals surface area contributed by atoms with Gasteiger partial charge in [0.05, 0.1) is 6.42 Å². The molecule has 0 aromatic carbocycles. The second-order valence-corrected chi connectivity index (χ2v) is 0.875. The van der Waals surface area contributed by atoms with Gasteiger partial charge in [-0.2, -0.15) is 4.79 Å². The lowest BCUT2D eigenvalue weighted by atomic mass is 10.5. The third-order valence-corrected chi connectivity index (χ3v) is 0.377. The van der Waals surface area contributed by atoms with E-state index in [1.54, 1.807) is 0 Å². The van der Waals surface area contributed by atoms with Crippen LogP contribution in [0.25, 0.3) is 5.53 Å². The van der Waals surface area contributed by atoms with Crippen molar-refractivity contribution in [3.05, 3.63) is 5.53 Å². The molecule has 0 saturated carbocycles. The van der Waals surface area contributed by atoms with Gasteiger partial charge in [0, 0.05) is 6.54 Å². The Balaban J connectivity index is 2.86. The molecule has 0 aliphatic carbocycles. The van der Waals surface area contributed by atoms with Gasteiger partial charge in [0.15, 0.2) is 0 Å². The molecule has 0 fully saturated rings. The van der Waals surface area contributed by atoms with Gasteiger partial charge in [-0.3, -0.25) is 0 Å². The summed E-state index contributed by atoms with van der Waals surface area (Å²) in [6, 6.07) is 0. The van der Waals surface area contributed by atoms with Gasteiger partial charge in [0.25, 0.3) is 6.21 Å². The van der Waals surface area contributed by atoms with E-state index in [-0.39, 0.29) is 0 Å². The molecule has 34 valence electrons. The maximum atomic E-state index is 7.71. The maximum Gasteiger partial charge on any atom is 0.258 e. The molecule has 0 radical (unpaired) electrons. The fourth-order valence-corrected chi connectivity index (χ4v) is 0.132. The Morgan fingerprint density at radius 2 is 2.50 bits per heavy atom. The molecule has 0 aliphatic rings. The van der Waals surface area contributed by atoms with Crippen molar-refractivity contribution < 1.29 is 4.79 Å². The van der Waals surface area contributed by atoms with Crippen LogP contribution in [0.4, 0.5) is 0 Å². The van der Waals surface area contributed by atoms with Crippen molar-refractivity contribution in [3.8, 4) is 0 Å². The van der Waals surface area contributed by atoms with Crippen molar-refractivity contribution in [2.75, 3.05) is 6.54 Å². The molecule has 3 heteroatoms.